The van der Waals surface area contributed by atoms with Gasteiger partial charge in [-0.15, -0.1) is 11.3 Å². The number of aryl methyl sites for hydroxylation is 1. The number of carbonyl (C=O) groups excluding carboxylic acids is 3. The Hall–Kier alpha value is -3.32. The van der Waals surface area contributed by atoms with Crippen molar-refractivity contribution in [1.29, 1.82) is 0 Å². The Morgan fingerprint density at radius 3 is 2.22 bits per heavy atom. The van der Waals surface area contributed by atoms with Gasteiger partial charge in [0.15, 0.2) is 5.13 Å². The van der Waals surface area contributed by atoms with E-state index in [0.29, 0.717) is 16.3 Å². The van der Waals surface area contributed by atoms with E-state index in [1.165, 1.54) is 11.3 Å². The van der Waals surface area contributed by atoms with Crippen LogP contribution in [0.15, 0.2) is 54.6 Å². The van der Waals surface area contributed by atoms with Crippen LogP contribution in [-0.4, -0.2) is 34.2 Å². The van der Waals surface area contributed by atoms with Crippen LogP contribution in [0.3, 0.4) is 0 Å². The van der Waals surface area contributed by atoms with E-state index in [2.05, 4.69) is 10.3 Å². The van der Waals surface area contributed by atoms with Crippen molar-refractivity contribution in [3.8, 4) is 11.3 Å². The molecule has 6 nitrogen and oxygen atoms in total. The number of hydrogen-bond acceptors (Lipinski definition) is 5. The van der Waals surface area contributed by atoms with Crippen molar-refractivity contribution in [3.05, 3.63) is 70.6 Å². The lowest BCUT2D eigenvalue weighted by Gasteiger charge is -2.12. The fraction of sp³-hybridized carbons (Fsp3) is 0.100. The third-order valence-electron chi connectivity index (χ3n) is 4.27. The number of benzene rings is 2. The Kier molecular flexibility index (Phi) is 4.29. The molecule has 2 heterocycles. The summed E-state index contributed by atoms with van der Waals surface area (Å²) in [5.41, 5.74) is 2.42. The zero-order chi connectivity index (χ0) is 19.0. The molecule has 2 aromatic carbocycles. The van der Waals surface area contributed by atoms with Gasteiger partial charge in [-0.05, 0) is 19.1 Å². The number of thiazole rings is 1. The number of nitrogens with one attached hydrogen (secondary N) is 1. The molecule has 0 saturated carbocycles. The van der Waals surface area contributed by atoms with Crippen LogP contribution in [-0.2, 0) is 4.79 Å². The first-order valence-electron chi connectivity index (χ1n) is 8.32. The van der Waals surface area contributed by atoms with E-state index in [1.54, 1.807) is 24.3 Å². The number of anilines is 1. The summed E-state index contributed by atoms with van der Waals surface area (Å²) in [4.78, 5) is 43.5. The lowest BCUT2D eigenvalue weighted by atomic mass is 10.1. The number of nitrogens with zero attached hydrogens (tertiary/aromatic N) is 2. The normalized spacial score (nSPS) is 13.0. The molecular formula is C20H15N3O3S. The fourth-order valence-electron chi connectivity index (χ4n) is 3.00. The SMILES string of the molecule is Cc1sc(NC(=O)CN2C(=O)c3ccccc3C2=O)nc1-c1ccccc1. The van der Waals surface area contributed by atoms with E-state index in [-0.39, 0.29) is 6.54 Å². The van der Waals surface area contributed by atoms with Crippen LogP contribution in [0.5, 0.6) is 0 Å². The van der Waals surface area contributed by atoms with E-state index >= 15 is 0 Å². The van der Waals surface area contributed by atoms with Crippen LogP contribution in [0.4, 0.5) is 5.13 Å². The Labute approximate surface area is 159 Å². The largest absolute Gasteiger partial charge is 0.300 e. The van der Waals surface area contributed by atoms with Gasteiger partial charge in [0.1, 0.15) is 6.54 Å². The standard InChI is InChI=1S/C20H15N3O3S/c1-12-17(13-7-3-2-4-8-13)22-20(27-12)21-16(24)11-23-18(25)14-9-5-6-10-15(14)19(23)26/h2-10H,11H2,1H3,(H,21,22,24). The Bertz CT molecular complexity index is 1020. The molecule has 0 fully saturated rings. The lowest BCUT2D eigenvalue weighted by Crippen LogP contribution is -2.37. The Morgan fingerprint density at radius 1 is 1.00 bits per heavy atom. The first-order chi connectivity index (χ1) is 13.0. The van der Waals surface area contributed by atoms with E-state index in [0.717, 1.165) is 21.0 Å². The van der Waals surface area contributed by atoms with E-state index in [9.17, 15) is 14.4 Å². The van der Waals surface area contributed by atoms with Crippen LogP contribution >= 0.6 is 11.3 Å². The first-order valence-corrected chi connectivity index (χ1v) is 9.14. The minimum atomic E-state index is -0.460. The molecule has 3 aromatic rings. The summed E-state index contributed by atoms with van der Waals surface area (Å²) in [5, 5.41) is 3.13. The smallest absolute Gasteiger partial charge is 0.262 e. The number of rotatable bonds is 4. The van der Waals surface area contributed by atoms with Crippen LogP contribution in [0, 0.1) is 6.92 Å². The van der Waals surface area contributed by atoms with E-state index in [1.807, 2.05) is 37.3 Å². The number of aromatic nitrogens is 1. The minimum absolute atomic E-state index is 0.326. The quantitative estimate of drug-likeness (QED) is 0.707. The molecular weight excluding hydrogens is 362 g/mol. The second-order valence-corrected chi connectivity index (χ2v) is 7.28. The highest BCUT2D eigenvalue weighted by atomic mass is 32.1. The molecule has 0 aliphatic carbocycles. The maximum absolute atomic E-state index is 12.4. The molecule has 1 aliphatic heterocycles. The van der Waals surface area contributed by atoms with Crippen LogP contribution in [0.25, 0.3) is 11.3 Å². The Balaban J connectivity index is 1.48. The van der Waals surface area contributed by atoms with Crippen molar-refractivity contribution in [1.82, 2.24) is 9.88 Å². The van der Waals surface area contributed by atoms with Crippen LogP contribution in [0.1, 0.15) is 25.6 Å². The molecule has 134 valence electrons. The molecule has 3 amide bonds. The molecule has 7 heteroatoms. The van der Waals surface area contributed by atoms with Crippen molar-refractivity contribution >= 4 is 34.2 Å². The topological polar surface area (TPSA) is 79.4 Å². The summed E-state index contributed by atoms with van der Waals surface area (Å²) in [7, 11) is 0. The average Bonchev–Trinajstić information content (AvgIpc) is 3.15. The second-order valence-electron chi connectivity index (χ2n) is 6.08. The number of hydrogen-bond donors (Lipinski definition) is 1. The minimum Gasteiger partial charge on any atom is -0.300 e. The molecule has 1 aromatic heterocycles. The number of carbonyl (C=O) groups is 3. The van der Waals surface area contributed by atoms with Crippen molar-refractivity contribution < 1.29 is 14.4 Å². The van der Waals surface area contributed by atoms with E-state index < -0.39 is 17.7 Å². The van der Waals surface area contributed by atoms with Gasteiger partial charge in [0.05, 0.1) is 16.8 Å². The van der Waals surface area contributed by atoms with Gasteiger partial charge in [0.2, 0.25) is 5.91 Å². The maximum Gasteiger partial charge on any atom is 0.262 e. The second kappa shape index (κ2) is 6.77. The maximum atomic E-state index is 12.4. The lowest BCUT2D eigenvalue weighted by molar-refractivity contribution is -0.116. The van der Waals surface area contributed by atoms with Gasteiger partial charge in [0, 0.05) is 10.4 Å². The van der Waals surface area contributed by atoms with Crippen molar-refractivity contribution in [2.45, 2.75) is 6.92 Å². The summed E-state index contributed by atoms with van der Waals surface area (Å²) < 4.78 is 0. The molecule has 4 rings (SSSR count). The highest BCUT2D eigenvalue weighted by molar-refractivity contribution is 7.16. The molecule has 0 unspecified atom stereocenters. The summed E-state index contributed by atoms with van der Waals surface area (Å²) in [5.74, 6) is -1.37. The highest BCUT2D eigenvalue weighted by Crippen LogP contribution is 2.30. The zero-order valence-electron chi connectivity index (χ0n) is 14.4. The predicted octanol–water partition coefficient (Wildman–Crippen LogP) is 3.35. The average molecular weight is 377 g/mol. The van der Waals surface area contributed by atoms with Crippen LogP contribution in [0.2, 0.25) is 0 Å². The molecule has 0 bridgehead atoms. The van der Waals surface area contributed by atoms with Crippen molar-refractivity contribution in [3.63, 3.8) is 0 Å². The third-order valence-corrected chi connectivity index (χ3v) is 5.16. The fourth-order valence-corrected chi connectivity index (χ4v) is 3.85. The highest BCUT2D eigenvalue weighted by Gasteiger charge is 2.36. The predicted molar refractivity (Wildman–Crippen MR) is 103 cm³/mol. The van der Waals surface area contributed by atoms with Gasteiger partial charge in [-0.3, -0.25) is 19.3 Å². The van der Waals surface area contributed by atoms with Gasteiger partial charge >= 0.3 is 0 Å². The number of imide groups is 1. The van der Waals surface area contributed by atoms with Gasteiger partial charge in [-0.2, -0.15) is 0 Å². The summed E-state index contributed by atoms with van der Waals surface area (Å²) in [6.07, 6.45) is 0. The number of fused-ring (bicyclic) bond motifs is 1. The van der Waals surface area contributed by atoms with Crippen molar-refractivity contribution in [2.24, 2.45) is 0 Å². The summed E-state index contributed by atoms with van der Waals surface area (Å²) >= 11 is 1.35. The Morgan fingerprint density at radius 2 is 1.59 bits per heavy atom. The van der Waals surface area contributed by atoms with Gasteiger partial charge in [-0.25, -0.2) is 4.98 Å². The van der Waals surface area contributed by atoms with Gasteiger partial charge in [-0.1, -0.05) is 42.5 Å². The molecule has 0 spiro atoms. The molecule has 0 radical (unpaired) electrons. The molecule has 27 heavy (non-hydrogen) atoms. The molecule has 0 atom stereocenters. The zero-order valence-corrected chi connectivity index (χ0v) is 15.2. The molecule has 0 saturated heterocycles. The summed E-state index contributed by atoms with van der Waals surface area (Å²) in [6, 6.07) is 16.2. The molecule has 1 N–H and O–H groups in total. The molecule has 1 aliphatic rings. The van der Waals surface area contributed by atoms with Gasteiger partial charge < -0.3 is 5.32 Å². The van der Waals surface area contributed by atoms with Gasteiger partial charge in [0.25, 0.3) is 11.8 Å². The summed E-state index contributed by atoms with van der Waals surface area (Å²) in [6.45, 7) is 1.59. The number of amides is 3. The van der Waals surface area contributed by atoms with E-state index in [4.69, 9.17) is 0 Å². The van der Waals surface area contributed by atoms with Crippen molar-refractivity contribution in [2.75, 3.05) is 11.9 Å². The monoisotopic (exact) mass is 377 g/mol. The third kappa shape index (κ3) is 3.13. The van der Waals surface area contributed by atoms with Crippen LogP contribution < -0.4 is 5.32 Å². The first kappa shape index (κ1) is 17.1.